The molecule has 1 aromatic rings. The molecule has 0 aromatic heterocycles. The van der Waals surface area contributed by atoms with Gasteiger partial charge in [-0.3, -0.25) is 4.79 Å². The van der Waals surface area contributed by atoms with Gasteiger partial charge in [-0.2, -0.15) is 0 Å². The van der Waals surface area contributed by atoms with E-state index in [9.17, 15) is 9.90 Å². The molecule has 1 N–H and O–H groups in total. The molecular weight excluding hydrogens is 254 g/mol. The molecule has 4 nitrogen and oxygen atoms in total. The van der Waals surface area contributed by atoms with Crippen molar-refractivity contribution in [3.05, 3.63) is 29.8 Å². The third-order valence-electron chi connectivity index (χ3n) is 4.02. The molecule has 2 rings (SSSR count). The molecule has 0 radical (unpaired) electrons. The number of hydrogen-bond acceptors (Lipinski definition) is 3. The molecule has 0 atom stereocenters. The van der Waals surface area contributed by atoms with Gasteiger partial charge in [0.15, 0.2) is 0 Å². The Morgan fingerprint density at radius 1 is 1.25 bits per heavy atom. The number of likely N-dealkylation sites (tertiary alicyclic amines) is 1. The Bertz CT molecular complexity index is 459. The maximum Gasteiger partial charge on any atom is 0.225 e. The van der Waals surface area contributed by atoms with E-state index in [1.165, 1.54) is 0 Å². The van der Waals surface area contributed by atoms with E-state index in [0.717, 1.165) is 11.3 Å². The topological polar surface area (TPSA) is 49.8 Å². The van der Waals surface area contributed by atoms with Crippen LogP contribution in [-0.4, -0.2) is 36.1 Å². The second-order valence-corrected chi connectivity index (χ2v) is 5.74. The van der Waals surface area contributed by atoms with Crippen molar-refractivity contribution in [3.63, 3.8) is 0 Å². The zero-order chi connectivity index (χ0) is 14.8. The first kappa shape index (κ1) is 14.9. The predicted octanol–water partition coefficient (Wildman–Crippen LogP) is 2.16. The van der Waals surface area contributed by atoms with Crippen molar-refractivity contribution in [2.45, 2.75) is 32.3 Å². The van der Waals surface area contributed by atoms with Gasteiger partial charge in [-0.15, -0.1) is 0 Å². The highest BCUT2D eigenvalue weighted by atomic mass is 16.5. The second-order valence-electron chi connectivity index (χ2n) is 5.74. The van der Waals surface area contributed by atoms with Gasteiger partial charge in [0, 0.05) is 19.0 Å². The fourth-order valence-electron chi connectivity index (χ4n) is 2.65. The Balaban J connectivity index is 2.05. The monoisotopic (exact) mass is 277 g/mol. The van der Waals surface area contributed by atoms with E-state index in [1.807, 2.05) is 43.0 Å². The molecule has 0 spiro atoms. The average Bonchev–Trinajstić information content (AvgIpc) is 2.47. The fourth-order valence-corrected chi connectivity index (χ4v) is 2.65. The quantitative estimate of drug-likeness (QED) is 0.921. The average molecular weight is 277 g/mol. The lowest BCUT2D eigenvalue weighted by Crippen LogP contribution is -2.46. The highest BCUT2D eigenvalue weighted by molar-refractivity contribution is 5.78. The normalized spacial score (nSPS) is 18.1. The third kappa shape index (κ3) is 2.96. The Morgan fingerprint density at radius 3 is 2.25 bits per heavy atom. The summed E-state index contributed by atoms with van der Waals surface area (Å²) in [4.78, 5) is 13.8. The van der Waals surface area contributed by atoms with Gasteiger partial charge >= 0.3 is 0 Å². The first-order chi connectivity index (χ1) is 9.46. The SMILES string of the molecule is COc1ccc(C2(O)CCN(C(=O)C(C)C)CC2)cc1. The van der Waals surface area contributed by atoms with Gasteiger partial charge < -0.3 is 14.7 Å². The highest BCUT2D eigenvalue weighted by Crippen LogP contribution is 2.33. The van der Waals surface area contributed by atoms with E-state index in [4.69, 9.17) is 4.74 Å². The fraction of sp³-hybridized carbons (Fsp3) is 0.562. The zero-order valence-corrected chi connectivity index (χ0v) is 12.4. The molecule has 1 amide bonds. The van der Waals surface area contributed by atoms with Gasteiger partial charge in [-0.05, 0) is 30.5 Å². The van der Waals surface area contributed by atoms with Crippen LogP contribution in [0, 0.1) is 5.92 Å². The maximum atomic E-state index is 12.0. The summed E-state index contributed by atoms with van der Waals surface area (Å²) in [6, 6.07) is 7.52. The Labute approximate surface area is 120 Å². The minimum atomic E-state index is -0.833. The van der Waals surface area contributed by atoms with Crippen LogP contribution in [0.3, 0.4) is 0 Å². The van der Waals surface area contributed by atoms with E-state index in [-0.39, 0.29) is 11.8 Å². The summed E-state index contributed by atoms with van der Waals surface area (Å²) < 4.78 is 5.13. The molecule has 1 fully saturated rings. The third-order valence-corrected chi connectivity index (χ3v) is 4.02. The summed E-state index contributed by atoms with van der Waals surface area (Å²) in [5, 5.41) is 10.8. The van der Waals surface area contributed by atoms with Gasteiger partial charge in [0.25, 0.3) is 0 Å². The molecule has 1 aliphatic heterocycles. The summed E-state index contributed by atoms with van der Waals surface area (Å²) >= 11 is 0. The highest BCUT2D eigenvalue weighted by Gasteiger charge is 2.35. The standard InChI is InChI=1S/C16H23NO3/c1-12(2)15(18)17-10-8-16(19,9-11-17)13-4-6-14(20-3)7-5-13/h4-7,12,19H,8-11H2,1-3H3. The first-order valence-electron chi connectivity index (χ1n) is 7.12. The number of amides is 1. The van der Waals surface area contributed by atoms with Crippen LogP contribution in [0.25, 0.3) is 0 Å². The summed E-state index contributed by atoms with van der Waals surface area (Å²) in [7, 11) is 1.62. The van der Waals surface area contributed by atoms with Crippen LogP contribution in [-0.2, 0) is 10.4 Å². The van der Waals surface area contributed by atoms with E-state index >= 15 is 0 Å². The van der Waals surface area contributed by atoms with Gasteiger partial charge in [0.1, 0.15) is 5.75 Å². The van der Waals surface area contributed by atoms with Crippen LogP contribution in [0.2, 0.25) is 0 Å². The van der Waals surface area contributed by atoms with Crippen LogP contribution in [0.15, 0.2) is 24.3 Å². The smallest absolute Gasteiger partial charge is 0.225 e. The minimum absolute atomic E-state index is 0.0159. The number of hydrogen-bond donors (Lipinski definition) is 1. The van der Waals surface area contributed by atoms with Gasteiger partial charge in [0.2, 0.25) is 5.91 Å². The number of methoxy groups -OCH3 is 1. The predicted molar refractivity (Wildman–Crippen MR) is 77.5 cm³/mol. The molecule has 1 aromatic carbocycles. The molecule has 0 saturated carbocycles. The number of carbonyl (C=O) groups excluding carboxylic acids is 1. The van der Waals surface area contributed by atoms with Crippen LogP contribution >= 0.6 is 0 Å². The largest absolute Gasteiger partial charge is 0.497 e. The van der Waals surface area contributed by atoms with Crippen LogP contribution in [0.1, 0.15) is 32.3 Å². The first-order valence-corrected chi connectivity index (χ1v) is 7.12. The van der Waals surface area contributed by atoms with Gasteiger partial charge in [-0.1, -0.05) is 26.0 Å². The van der Waals surface area contributed by atoms with Crippen molar-refractivity contribution >= 4 is 5.91 Å². The van der Waals surface area contributed by atoms with E-state index in [2.05, 4.69) is 0 Å². The lowest BCUT2D eigenvalue weighted by Gasteiger charge is -2.39. The molecule has 110 valence electrons. The number of aliphatic hydroxyl groups is 1. The van der Waals surface area contributed by atoms with Gasteiger partial charge in [0.05, 0.1) is 12.7 Å². The summed E-state index contributed by atoms with van der Waals surface area (Å²) in [6.07, 6.45) is 1.16. The van der Waals surface area contributed by atoms with Gasteiger partial charge in [-0.25, -0.2) is 0 Å². The Kier molecular flexibility index (Phi) is 4.33. The summed E-state index contributed by atoms with van der Waals surface area (Å²) in [6.45, 7) is 5.04. The molecule has 1 aliphatic rings. The van der Waals surface area contributed by atoms with Crippen LogP contribution in [0.4, 0.5) is 0 Å². The molecular formula is C16H23NO3. The van der Waals surface area contributed by atoms with E-state index in [1.54, 1.807) is 7.11 Å². The van der Waals surface area contributed by atoms with Crippen molar-refractivity contribution in [1.29, 1.82) is 0 Å². The van der Waals surface area contributed by atoms with Crippen molar-refractivity contribution in [1.82, 2.24) is 4.90 Å². The van der Waals surface area contributed by atoms with Crippen molar-refractivity contribution in [2.75, 3.05) is 20.2 Å². The van der Waals surface area contributed by atoms with Crippen molar-refractivity contribution in [3.8, 4) is 5.75 Å². The number of piperidine rings is 1. The van der Waals surface area contributed by atoms with E-state index < -0.39 is 5.60 Å². The Hall–Kier alpha value is -1.55. The molecule has 1 saturated heterocycles. The number of rotatable bonds is 3. The minimum Gasteiger partial charge on any atom is -0.497 e. The molecule has 4 heteroatoms. The molecule has 20 heavy (non-hydrogen) atoms. The van der Waals surface area contributed by atoms with Crippen LogP contribution in [0.5, 0.6) is 5.75 Å². The molecule has 0 unspecified atom stereocenters. The summed E-state index contributed by atoms with van der Waals surface area (Å²) in [5.74, 6) is 0.966. The maximum absolute atomic E-state index is 12.0. The number of ether oxygens (including phenoxy) is 1. The lowest BCUT2D eigenvalue weighted by atomic mass is 9.84. The molecule has 0 bridgehead atoms. The molecule has 0 aliphatic carbocycles. The second kappa shape index (κ2) is 5.83. The van der Waals surface area contributed by atoms with Crippen molar-refractivity contribution in [2.24, 2.45) is 5.92 Å². The lowest BCUT2D eigenvalue weighted by molar-refractivity contribution is -0.139. The number of benzene rings is 1. The van der Waals surface area contributed by atoms with Crippen molar-refractivity contribution < 1.29 is 14.6 Å². The number of carbonyl (C=O) groups is 1. The summed E-state index contributed by atoms with van der Waals surface area (Å²) in [5.41, 5.74) is 0.0648. The van der Waals surface area contributed by atoms with E-state index in [0.29, 0.717) is 25.9 Å². The Morgan fingerprint density at radius 2 is 1.80 bits per heavy atom. The number of nitrogens with zero attached hydrogens (tertiary/aromatic N) is 1. The zero-order valence-electron chi connectivity index (χ0n) is 12.4. The van der Waals surface area contributed by atoms with Crippen LogP contribution < -0.4 is 4.74 Å². The molecule has 1 heterocycles.